The maximum atomic E-state index is 5.34. The van der Waals surface area contributed by atoms with Crippen molar-refractivity contribution < 1.29 is 4.74 Å². The zero-order chi connectivity index (χ0) is 14.5. The predicted octanol–water partition coefficient (Wildman–Crippen LogP) is 3.15. The van der Waals surface area contributed by atoms with Gasteiger partial charge in [-0.25, -0.2) is 0 Å². The second-order valence-electron chi connectivity index (χ2n) is 5.66. The molecule has 1 N–H and O–H groups in total. The molecule has 0 radical (unpaired) electrons. The van der Waals surface area contributed by atoms with Crippen LogP contribution < -0.4 is 5.32 Å². The third-order valence-electron chi connectivity index (χ3n) is 3.48. The third-order valence-corrected chi connectivity index (χ3v) is 3.48. The number of hydrogen-bond donors (Lipinski definition) is 1. The van der Waals surface area contributed by atoms with Crippen molar-refractivity contribution in [2.24, 2.45) is 5.92 Å². The van der Waals surface area contributed by atoms with Crippen molar-refractivity contribution in [1.82, 2.24) is 10.2 Å². The van der Waals surface area contributed by atoms with Crippen LogP contribution in [0.1, 0.15) is 53.9 Å². The second-order valence-corrected chi connectivity index (χ2v) is 5.66. The van der Waals surface area contributed by atoms with E-state index in [2.05, 4.69) is 37.9 Å². The van der Waals surface area contributed by atoms with Gasteiger partial charge in [0.1, 0.15) is 0 Å². The van der Waals surface area contributed by atoms with Crippen LogP contribution in [0.5, 0.6) is 0 Å². The summed E-state index contributed by atoms with van der Waals surface area (Å²) in [7, 11) is 0. The Kier molecular flexibility index (Phi) is 12.8. The van der Waals surface area contributed by atoms with Gasteiger partial charge in [-0.3, -0.25) is 4.90 Å². The van der Waals surface area contributed by atoms with E-state index >= 15 is 0 Å². The van der Waals surface area contributed by atoms with Gasteiger partial charge in [0.25, 0.3) is 0 Å². The molecule has 0 saturated heterocycles. The van der Waals surface area contributed by atoms with E-state index in [1.807, 2.05) is 6.92 Å². The van der Waals surface area contributed by atoms with Crippen LogP contribution in [-0.2, 0) is 4.74 Å². The topological polar surface area (TPSA) is 24.5 Å². The summed E-state index contributed by atoms with van der Waals surface area (Å²) >= 11 is 0. The van der Waals surface area contributed by atoms with Gasteiger partial charge in [-0.1, -0.05) is 27.7 Å². The summed E-state index contributed by atoms with van der Waals surface area (Å²) in [6, 6.07) is 0.743. The van der Waals surface area contributed by atoms with Gasteiger partial charge >= 0.3 is 0 Å². The first kappa shape index (κ1) is 18.9. The molecule has 0 amide bonds. The molecule has 0 aromatic heterocycles. The lowest BCUT2D eigenvalue weighted by Crippen LogP contribution is -2.41. The van der Waals surface area contributed by atoms with E-state index in [-0.39, 0.29) is 0 Å². The molecule has 0 saturated carbocycles. The molecule has 0 aliphatic carbocycles. The van der Waals surface area contributed by atoms with E-state index in [1.165, 1.54) is 25.9 Å². The first-order valence-electron chi connectivity index (χ1n) is 8.18. The van der Waals surface area contributed by atoms with Crippen molar-refractivity contribution in [3.8, 4) is 0 Å². The molecule has 0 aromatic carbocycles. The lowest BCUT2D eigenvalue weighted by atomic mass is 10.1. The Morgan fingerprint density at radius 2 is 1.74 bits per heavy atom. The lowest BCUT2D eigenvalue weighted by Gasteiger charge is -2.32. The maximum Gasteiger partial charge on any atom is 0.0477 e. The molecule has 0 rings (SSSR count). The lowest BCUT2D eigenvalue weighted by molar-refractivity contribution is 0.143. The molecule has 3 heteroatoms. The Bertz CT molecular complexity index is 182. The molecule has 19 heavy (non-hydrogen) atoms. The zero-order valence-corrected chi connectivity index (χ0v) is 13.9. The van der Waals surface area contributed by atoms with Crippen LogP contribution in [0.3, 0.4) is 0 Å². The molecule has 0 atom stereocenters. The zero-order valence-electron chi connectivity index (χ0n) is 13.9. The largest absolute Gasteiger partial charge is 0.382 e. The summed E-state index contributed by atoms with van der Waals surface area (Å²) < 4.78 is 5.34. The summed E-state index contributed by atoms with van der Waals surface area (Å²) in [5, 5.41) is 3.53. The highest BCUT2D eigenvalue weighted by Crippen LogP contribution is 2.10. The van der Waals surface area contributed by atoms with E-state index in [4.69, 9.17) is 4.74 Å². The first-order chi connectivity index (χ1) is 9.15. The van der Waals surface area contributed by atoms with Crippen molar-refractivity contribution in [1.29, 1.82) is 0 Å². The van der Waals surface area contributed by atoms with Crippen molar-refractivity contribution >= 4 is 0 Å². The van der Waals surface area contributed by atoms with Gasteiger partial charge in [0, 0.05) is 38.9 Å². The standard InChI is InChI=1S/C16H36N2O/c1-6-16(7-2)18(14-15(4)5)12-11-17-10-9-13-19-8-3/h15-17H,6-14H2,1-5H3. The normalized spacial score (nSPS) is 12.0. The van der Waals surface area contributed by atoms with Gasteiger partial charge in [0.05, 0.1) is 0 Å². The fraction of sp³-hybridized carbons (Fsp3) is 1.00. The summed E-state index contributed by atoms with van der Waals surface area (Å²) in [4.78, 5) is 2.65. The second kappa shape index (κ2) is 12.9. The highest BCUT2D eigenvalue weighted by molar-refractivity contribution is 4.71. The molecule has 0 aromatic rings. The minimum atomic E-state index is 0.743. The molecule has 0 fully saturated rings. The Hall–Kier alpha value is -0.120. The minimum absolute atomic E-state index is 0.743. The smallest absolute Gasteiger partial charge is 0.0477 e. The summed E-state index contributed by atoms with van der Waals surface area (Å²) in [5.74, 6) is 0.749. The van der Waals surface area contributed by atoms with Crippen LogP contribution in [0.25, 0.3) is 0 Å². The molecular weight excluding hydrogens is 236 g/mol. The molecule has 116 valence electrons. The predicted molar refractivity (Wildman–Crippen MR) is 84.8 cm³/mol. The van der Waals surface area contributed by atoms with Crippen molar-refractivity contribution in [3.63, 3.8) is 0 Å². The number of hydrogen-bond acceptors (Lipinski definition) is 3. The Morgan fingerprint density at radius 1 is 1.05 bits per heavy atom. The quantitative estimate of drug-likeness (QED) is 0.521. The summed E-state index contributed by atoms with van der Waals surface area (Å²) in [6.45, 7) is 17.5. The van der Waals surface area contributed by atoms with Crippen LogP contribution >= 0.6 is 0 Å². The van der Waals surface area contributed by atoms with Crippen LogP contribution in [0.15, 0.2) is 0 Å². The van der Waals surface area contributed by atoms with Crippen LogP contribution in [0, 0.1) is 5.92 Å². The van der Waals surface area contributed by atoms with Crippen LogP contribution in [0.4, 0.5) is 0 Å². The number of ether oxygens (including phenoxy) is 1. The average Bonchev–Trinajstić information content (AvgIpc) is 2.38. The van der Waals surface area contributed by atoms with Gasteiger partial charge < -0.3 is 10.1 Å². The Labute approximate surface area is 121 Å². The van der Waals surface area contributed by atoms with Crippen LogP contribution in [-0.4, -0.2) is 50.3 Å². The monoisotopic (exact) mass is 272 g/mol. The first-order valence-corrected chi connectivity index (χ1v) is 8.18. The molecule has 0 unspecified atom stereocenters. The van der Waals surface area contributed by atoms with Crippen molar-refractivity contribution in [3.05, 3.63) is 0 Å². The molecule has 0 spiro atoms. The highest BCUT2D eigenvalue weighted by Gasteiger charge is 2.15. The van der Waals surface area contributed by atoms with Crippen molar-refractivity contribution in [2.45, 2.75) is 59.9 Å². The third kappa shape index (κ3) is 10.3. The minimum Gasteiger partial charge on any atom is -0.382 e. The van der Waals surface area contributed by atoms with Gasteiger partial charge in [-0.2, -0.15) is 0 Å². The van der Waals surface area contributed by atoms with Gasteiger partial charge in [0.15, 0.2) is 0 Å². The van der Waals surface area contributed by atoms with Crippen LogP contribution in [0.2, 0.25) is 0 Å². The number of nitrogens with one attached hydrogen (secondary N) is 1. The average molecular weight is 272 g/mol. The van der Waals surface area contributed by atoms with E-state index in [0.29, 0.717) is 0 Å². The van der Waals surface area contributed by atoms with Gasteiger partial charge in [0.2, 0.25) is 0 Å². The molecule has 0 aliphatic rings. The number of nitrogens with zero attached hydrogens (tertiary/aromatic N) is 1. The van der Waals surface area contributed by atoms with E-state index < -0.39 is 0 Å². The molecule has 0 heterocycles. The molecular formula is C16H36N2O. The fourth-order valence-electron chi connectivity index (χ4n) is 2.49. The highest BCUT2D eigenvalue weighted by atomic mass is 16.5. The van der Waals surface area contributed by atoms with E-state index in [0.717, 1.165) is 44.7 Å². The summed E-state index contributed by atoms with van der Waals surface area (Å²) in [5.41, 5.74) is 0. The van der Waals surface area contributed by atoms with Crippen molar-refractivity contribution in [2.75, 3.05) is 39.4 Å². The van der Waals surface area contributed by atoms with E-state index in [1.54, 1.807) is 0 Å². The molecule has 0 aliphatic heterocycles. The molecule has 0 bridgehead atoms. The van der Waals surface area contributed by atoms with Gasteiger partial charge in [-0.15, -0.1) is 0 Å². The maximum absolute atomic E-state index is 5.34. The Balaban J connectivity index is 3.79. The van der Waals surface area contributed by atoms with Gasteiger partial charge in [-0.05, 0) is 38.6 Å². The number of rotatable bonds is 13. The summed E-state index contributed by atoms with van der Waals surface area (Å²) in [6.07, 6.45) is 3.63. The fourth-order valence-corrected chi connectivity index (χ4v) is 2.49. The SMILES string of the molecule is CCOCCCNCCN(CC(C)C)C(CC)CC. The molecule has 3 nitrogen and oxygen atoms in total. The Morgan fingerprint density at radius 3 is 2.26 bits per heavy atom. The van der Waals surface area contributed by atoms with E-state index in [9.17, 15) is 0 Å².